The van der Waals surface area contributed by atoms with E-state index in [0.717, 1.165) is 25.0 Å². The maximum absolute atomic E-state index is 11.4. The van der Waals surface area contributed by atoms with E-state index in [1.54, 1.807) is 12.1 Å². The summed E-state index contributed by atoms with van der Waals surface area (Å²) >= 11 is 0. The quantitative estimate of drug-likeness (QED) is 0.793. The summed E-state index contributed by atoms with van der Waals surface area (Å²) in [7, 11) is -3.19. The fourth-order valence-corrected chi connectivity index (χ4v) is 3.07. The van der Waals surface area contributed by atoms with Crippen LogP contribution >= 0.6 is 0 Å². The van der Waals surface area contributed by atoms with Gasteiger partial charge >= 0.3 is 0 Å². The summed E-state index contributed by atoms with van der Waals surface area (Å²) in [5.41, 5.74) is 0.718. The molecule has 1 aliphatic carbocycles. The molecule has 2 N–H and O–H groups in total. The Bertz CT molecular complexity index is 550. The molecule has 0 aliphatic heterocycles. The van der Waals surface area contributed by atoms with E-state index in [4.69, 9.17) is 4.74 Å². The molecule has 0 spiro atoms. The lowest BCUT2D eigenvalue weighted by Gasteiger charge is -2.36. The first-order chi connectivity index (χ1) is 9.90. The van der Waals surface area contributed by atoms with Crippen LogP contribution in [0.5, 0.6) is 0 Å². The van der Waals surface area contributed by atoms with E-state index in [-0.39, 0.29) is 4.90 Å². The average Bonchev–Trinajstić information content (AvgIpc) is 2.40. The number of aliphatic hydroxyl groups is 1. The molecule has 1 aromatic rings. The number of aliphatic hydroxyl groups excluding tert-OH is 1. The van der Waals surface area contributed by atoms with E-state index in [1.165, 1.54) is 18.4 Å². The predicted octanol–water partition coefficient (Wildman–Crippen LogP) is 1.28. The molecule has 0 aromatic heterocycles. The Morgan fingerprint density at radius 3 is 2.48 bits per heavy atom. The van der Waals surface area contributed by atoms with Gasteiger partial charge in [0, 0.05) is 25.4 Å². The molecule has 6 heteroatoms. The van der Waals surface area contributed by atoms with Gasteiger partial charge in [0.15, 0.2) is 9.84 Å². The second kappa shape index (κ2) is 6.87. The number of ether oxygens (including phenoxy) is 1. The van der Waals surface area contributed by atoms with Crippen LogP contribution in [0.3, 0.4) is 0 Å². The molecule has 1 atom stereocenters. The number of hydrogen-bond acceptors (Lipinski definition) is 5. The highest BCUT2D eigenvalue weighted by Gasteiger charge is 2.29. The Balaban J connectivity index is 1.80. The number of rotatable bonds is 7. The van der Waals surface area contributed by atoms with Gasteiger partial charge < -0.3 is 15.2 Å². The highest BCUT2D eigenvalue weighted by atomic mass is 32.2. The topological polar surface area (TPSA) is 75.6 Å². The molecule has 1 unspecified atom stereocenters. The normalized spacial score (nSPS) is 23.6. The Morgan fingerprint density at radius 1 is 1.33 bits per heavy atom. The smallest absolute Gasteiger partial charge is 0.175 e. The first kappa shape index (κ1) is 16.4. The molecule has 1 saturated carbocycles. The van der Waals surface area contributed by atoms with E-state index < -0.39 is 15.9 Å². The second-order valence-corrected chi connectivity index (χ2v) is 7.53. The third-order valence-corrected chi connectivity index (χ3v) is 4.92. The van der Waals surface area contributed by atoms with Crippen molar-refractivity contribution in [1.29, 1.82) is 0 Å². The van der Waals surface area contributed by atoms with Crippen molar-refractivity contribution >= 4 is 9.84 Å². The van der Waals surface area contributed by atoms with Gasteiger partial charge in [0.1, 0.15) is 0 Å². The summed E-state index contributed by atoms with van der Waals surface area (Å²) in [4.78, 5) is 0.268. The number of nitrogens with one attached hydrogen (secondary N) is 1. The second-order valence-electron chi connectivity index (χ2n) is 5.51. The standard InChI is InChI=1S/C15H23NO4S/c1-3-20-13-8-12(9-13)16-10-15(17)11-4-6-14(7-5-11)21(2,18)19/h4-7,12-13,15-17H,3,8-10H2,1-2H3. The zero-order chi connectivity index (χ0) is 15.5. The lowest BCUT2D eigenvalue weighted by atomic mass is 9.89. The van der Waals surface area contributed by atoms with Gasteiger partial charge in [-0.2, -0.15) is 0 Å². The summed E-state index contributed by atoms with van der Waals surface area (Å²) < 4.78 is 28.2. The van der Waals surface area contributed by atoms with Crippen molar-refractivity contribution in [2.24, 2.45) is 0 Å². The summed E-state index contributed by atoms with van der Waals surface area (Å²) in [6.45, 7) is 3.19. The Labute approximate surface area is 126 Å². The van der Waals surface area contributed by atoms with Crippen molar-refractivity contribution < 1.29 is 18.3 Å². The van der Waals surface area contributed by atoms with E-state index >= 15 is 0 Å². The molecule has 1 aliphatic rings. The summed E-state index contributed by atoms with van der Waals surface area (Å²) in [5, 5.41) is 13.4. The van der Waals surface area contributed by atoms with Crippen molar-refractivity contribution in [2.45, 2.75) is 42.9 Å². The van der Waals surface area contributed by atoms with Crippen LogP contribution < -0.4 is 5.32 Å². The lowest BCUT2D eigenvalue weighted by Crippen LogP contribution is -2.46. The zero-order valence-corrected chi connectivity index (χ0v) is 13.3. The molecule has 2 rings (SSSR count). The molecule has 1 aromatic carbocycles. The Kier molecular flexibility index (Phi) is 5.37. The van der Waals surface area contributed by atoms with Crippen molar-refractivity contribution in [3.05, 3.63) is 29.8 Å². The fourth-order valence-electron chi connectivity index (χ4n) is 2.44. The predicted molar refractivity (Wildman–Crippen MR) is 81.0 cm³/mol. The average molecular weight is 313 g/mol. The fraction of sp³-hybridized carbons (Fsp3) is 0.600. The van der Waals surface area contributed by atoms with Crippen LogP contribution in [0.15, 0.2) is 29.2 Å². The van der Waals surface area contributed by atoms with Crippen molar-refractivity contribution in [2.75, 3.05) is 19.4 Å². The van der Waals surface area contributed by atoms with Gasteiger partial charge in [0.25, 0.3) is 0 Å². The minimum atomic E-state index is -3.19. The number of benzene rings is 1. The summed E-state index contributed by atoms with van der Waals surface area (Å²) in [5.74, 6) is 0. The highest BCUT2D eigenvalue weighted by molar-refractivity contribution is 7.90. The van der Waals surface area contributed by atoms with E-state index in [0.29, 0.717) is 18.7 Å². The van der Waals surface area contributed by atoms with E-state index in [2.05, 4.69) is 5.32 Å². The molecule has 0 saturated heterocycles. The monoisotopic (exact) mass is 313 g/mol. The minimum Gasteiger partial charge on any atom is -0.387 e. The Morgan fingerprint density at radius 2 is 1.95 bits per heavy atom. The maximum atomic E-state index is 11.4. The van der Waals surface area contributed by atoms with Gasteiger partial charge in [-0.25, -0.2) is 8.42 Å². The summed E-state index contributed by atoms with van der Waals surface area (Å²) in [6, 6.07) is 6.77. The van der Waals surface area contributed by atoms with Crippen LogP contribution in [0.4, 0.5) is 0 Å². The third kappa shape index (κ3) is 4.51. The Hall–Kier alpha value is -0.950. The van der Waals surface area contributed by atoms with Crippen molar-refractivity contribution in [3.8, 4) is 0 Å². The van der Waals surface area contributed by atoms with Gasteiger partial charge in [-0.05, 0) is 37.5 Å². The molecule has 0 bridgehead atoms. The molecule has 0 heterocycles. The zero-order valence-electron chi connectivity index (χ0n) is 12.5. The molecular formula is C15H23NO4S. The van der Waals surface area contributed by atoms with Gasteiger partial charge in [-0.15, -0.1) is 0 Å². The van der Waals surface area contributed by atoms with Gasteiger partial charge in [-0.3, -0.25) is 0 Å². The van der Waals surface area contributed by atoms with Crippen LogP contribution in [0.1, 0.15) is 31.4 Å². The SMILES string of the molecule is CCOC1CC(NCC(O)c2ccc(S(C)(=O)=O)cc2)C1. The van der Waals surface area contributed by atoms with Crippen molar-refractivity contribution in [3.63, 3.8) is 0 Å². The van der Waals surface area contributed by atoms with Gasteiger partial charge in [0.2, 0.25) is 0 Å². The van der Waals surface area contributed by atoms with Crippen molar-refractivity contribution in [1.82, 2.24) is 5.32 Å². The van der Waals surface area contributed by atoms with Crippen LogP contribution in [0, 0.1) is 0 Å². The maximum Gasteiger partial charge on any atom is 0.175 e. The highest BCUT2D eigenvalue weighted by Crippen LogP contribution is 2.24. The minimum absolute atomic E-state index is 0.268. The van der Waals surface area contributed by atoms with Crippen LogP contribution in [0.25, 0.3) is 0 Å². The molecular weight excluding hydrogens is 290 g/mol. The summed E-state index contributed by atoms with van der Waals surface area (Å²) in [6.07, 6.45) is 2.84. The molecule has 0 amide bonds. The molecule has 0 radical (unpaired) electrons. The van der Waals surface area contributed by atoms with E-state index in [1.807, 2.05) is 6.92 Å². The first-order valence-electron chi connectivity index (χ1n) is 7.23. The number of hydrogen-bond donors (Lipinski definition) is 2. The van der Waals surface area contributed by atoms with Crippen LogP contribution in [-0.4, -0.2) is 45.1 Å². The van der Waals surface area contributed by atoms with Crippen LogP contribution in [0.2, 0.25) is 0 Å². The number of sulfone groups is 1. The first-order valence-corrected chi connectivity index (χ1v) is 9.12. The largest absolute Gasteiger partial charge is 0.387 e. The molecule has 21 heavy (non-hydrogen) atoms. The van der Waals surface area contributed by atoms with E-state index in [9.17, 15) is 13.5 Å². The third-order valence-electron chi connectivity index (χ3n) is 3.79. The molecule has 1 fully saturated rings. The van der Waals surface area contributed by atoms with Gasteiger partial charge in [-0.1, -0.05) is 12.1 Å². The molecule has 118 valence electrons. The van der Waals surface area contributed by atoms with Crippen LogP contribution in [-0.2, 0) is 14.6 Å². The lowest BCUT2D eigenvalue weighted by molar-refractivity contribution is -0.0123. The molecule has 5 nitrogen and oxygen atoms in total. The van der Waals surface area contributed by atoms with Gasteiger partial charge in [0.05, 0.1) is 17.1 Å².